The number of alkyl halides is 1. The molecule has 0 spiro atoms. The van der Waals surface area contributed by atoms with Gasteiger partial charge in [0.1, 0.15) is 35.3 Å². The van der Waals surface area contributed by atoms with Crippen LogP contribution in [0.1, 0.15) is 48.1 Å². The van der Waals surface area contributed by atoms with Crippen molar-refractivity contribution in [3.05, 3.63) is 52.1 Å². The quantitative estimate of drug-likeness (QED) is 0.304. The van der Waals surface area contributed by atoms with Gasteiger partial charge in [0.25, 0.3) is 0 Å². The summed E-state index contributed by atoms with van der Waals surface area (Å²) >= 11 is 6.11. The van der Waals surface area contributed by atoms with Gasteiger partial charge in [-0.2, -0.15) is 0 Å². The third kappa shape index (κ3) is 5.99. The van der Waals surface area contributed by atoms with Crippen molar-refractivity contribution in [3.8, 4) is 17.2 Å². The summed E-state index contributed by atoms with van der Waals surface area (Å²) < 4.78 is 22.7. The minimum Gasteiger partial charge on any atom is -0.490 e. The van der Waals surface area contributed by atoms with Crippen molar-refractivity contribution in [2.24, 2.45) is 0 Å². The highest BCUT2D eigenvalue weighted by Crippen LogP contribution is 2.41. The molecule has 6 nitrogen and oxygen atoms in total. The molecule has 0 radical (unpaired) electrons. The van der Waals surface area contributed by atoms with E-state index in [1.807, 2.05) is 45.0 Å². The van der Waals surface area contributed by atoms with Gasteiger partial charge in [0, 0.05) is 12.5 Å². The van der Waals surface area contributed by atoms with Gasteiger partial charge in [-0.05, 0) is 81.3 Å². The molecule has 178 valence electrons. The number of benzene rings is 2. The fourth-order valence-electron chi connectivity index (χ4n) is 4.00. The number of carbonyl (C=O) groups is 2. The van der Waals surface area contributed by atoms with Crippen molar-refractivity contribution in [1.29, 1.82) is 0 Å². The standard InChI is InChI=1S/C26H31ClO6/c1-6-30-26(29)23(27)13-19-7-9-20(10-8-19)31-14-21-11-12-22-17(4)24(32-18(5)28)15(2)16(3)25(22)33-21/h7-10,21,23H,6,11-14H2,1-5H3. The summed E-state index contributed by atoms with van der Waals surface area (Å²) in [7, 11) is 0. The topological polar surface area (TPSA) is 71.1 Å². The second-order valence-electron chi connectivity index (χ2n) is 8.26. The number of carbonyl (C=O) groups excluding carboxylic acids is 2. The fraction of sp³-hybridized carbons (Fsp3) is 0.462. The van der Waals surface area contributed by atoms with Crippen molar-refractivity contribution >= 4 is 23.5 Å². The van der Waals surface area contributed by atoms with E-state index in [-0.39, 0.29) is 12.1 Å². The van der Waals surface area contributed by atoms with E-state index in [0.717, 1.165) is 52.2 Å². The normalized spacial score (nSPS) is 15.8. The Morgan fingerprint density at radius 3 is 2.45 bits per heavy atom. The molecular formula is C26H31ClO6. The molecule has 7 heteroatoms. The first-order valence-electron chi connectivity index (χ1n) is 11.2. The zero-order chi connectivity index (χ0) is 24.1. The monoisotopic (exact) mass is 474 g/mol. The Kier molecular flexibility index (Phi) is 8.25. The Bertz CT molecular complexity index is 1010. The van der Waals surface area contributed by atoms with Gasteiger partial charge in [-0.25, -0.2) is 0 Å². The number of fused-ring (bicyclic) bond motifs is 1. The Labute approximate surface area is 200 Å². The third-order valence-electron chi connectivity index (χ3n) is 5.87. The van der Waals surface area contributed by atoms with Crippen LogP contribution in [-0.4, -0.2) is 36.6 Å². The minimum atomic E-state index is -0.705. The molecule has 3 rings (SSSR count). The molecule has 2 unspecified atom stereocenters. The SMILES string of the molecule is CCOC(=O)C(Cl)Cc1ccc(OCC2CCc3c(C)c(OC(C)=O)c(C)c(C)c3O2)cc1. The molecular weight excluding hydrogens is 444 g/mol. The van der Waals surface area contributed by atoms with Crippen LogP contribution in [-0.2, 0) is 27.2 Å². The first-order valence-corrected chi connectivity index (χ1v) is 11.6. The average molecular weight is 475 g/mol. The molecule has 0 fully saturated rings. The van der Waals surface area contributed by atoms with Crippen molar-refractivity contribution in [2.45, 2.75) is 65.4 Å². The van der Waals surface area contributed by atoms with E-state index in [0.29, 0.717) is 25.4 Å². The van der Waals surface area contributed by atoms with Gasteiger partial charge < -0.3 is 18.9 Å². The second kappa shape index (κ2) is 10.9. The van der Waals surface area contributed by atoms with Crippen molar-refractivity contribution in [3.63, 3.8) is 0 Å². The van der Waals surface area contributed by atoms with Crippen LogP contribution in [0.25, 0.3) is 0 Å². The van der Waals surface area contributed by atoms with Crippen LogP contribution in [0.15, 0.2) is 24.3 Å². The highest BCUT2D eigenvalue weighted by atomic mass is 35.5. The number of hydrogen-bond acceptors (Lipinski definition) is 6. The Morgan fingerprint density at radius 2 is 1.82 bits per heavy atom. The number of rotatable bonds is 8. The molecule has 1 heterocycles. The lowest BCUT2D eigenvalue weighted by Crippen LogP contribution is -2.30. The maximum atomic E-state index is 11.7. The van der Waals surface area contributed by atoms with Crippen molar-refractivity contribution < 1.29 is 28.5 Å². The molecule has 2 atom stereocenters. The van der Waals surface area contributed by atoms with Crippen LogP contribution in [0.3, 0.4) is 0 Å². The van der Waals surface area contributed by atoms with Gasteiger partial charge in [-0.3, -0.25) is 9.59 Å². The number of halogens is 1. The Morgan fingerprint density at radius 1 is 1.12 bits per heavy atom. The summed E-state index contributed by atoms with van der Waals surface area (Å²) in [4.78, 5) is 23.2. The lowest BCUT2D eigenvalue weighted by molar-refractivity contribution is -0.142. The summed E-state index contributed by atoms with van der Waals surface area (Å²) in [6.07, 6.45) is 1.96. The molecule has 0 saturated heterocycles. The molecule has 0 N–H and O–H groups in total. The highest BCUT2D eigenvalue weighted by Gasteiger charge is 2.27. The summed E-state index contributed by atoms with van der Waals surface area (Å²) in [5.74, 6) is 1.50. The predicted octanol–water partition coefficient (Wildman–Crippen LogP) is 5.02. The van der Waals surface area contributed by atoms with E-state index < -0.39 is 11.3 Å². The van der Waals surface area contributed by atoms with E-state index in [1.54, 1.807) is 6.92 Å². The molecule has 0 bridgehead atoms. The van der Waals surface area contributed by atoms with Gasteiger partial charge in [-0.15, -0.1) is 11.6 Å². The summed E-state index contributed by atoms with van der Waals surface area (Å²) in [5.41, 5.74) is 4.88. The van der Waals surface area contributed by atoms with Crippen LogP contribution in [0.2, 0.25) is 0 Å². The fourth-order valence-corrected chi connectivity index (χ4v) is 4.24. The lowest BCUT2D eigenvalue weighted by Gasteiger charge is -2.30. The van der Waals surface area contributed by atoms with Gasteiger partial charge >= 0.3 is 11.9 Å². The maximum absolute atomic E-state index is 11.7. The average Bonchev–Trinajstić information content (AvgIpc) is 2.79. The van der Waals surface area contributed by atoms with Gasteiger partial charge in [0.2, 0.25) is 0 Å². The predicted molar refractivity (Wildman–Crippen MR) is 127 cm³/mol. The summed E-state index contributed by atoms with van der Waals surface area (Å²) in [5, 5.41) is -0.705. The Balaban J connectivity index is 1.61. The maximum Gasteiger partial charge on any atom is 0.324 e. The molecule has 1 aliphatic heterocycles. The Hall–Kier alpha value is -2.73. The number of esters is 2. The van der Waals surface area contributed by atoms with Gasteiger partial charge in [0.05, 0.1) is 6.61 Å². The zero-order valence-electron chi connectivity index (χ0n) is 19.8. The first-order chi connectivity index (χ1) is 15.7. The van der Waals surface area contributed by atoms with Crippen molar-refractivity contribution in [2.75, 3.05) is 13.2 Å². The van der Waals surface area contributed by atoms with E-state index in [4.69, 9.17) is 30.5 Å². The molecule has 2 aromatic carbocycles. The van der Waals surface area contributed by atoms with Crippen LogP contribution < -0.4 is 14.2 Å². The minimum absolute atomic E-state index is 0.0784. The van der Waals surface area contributed by atoms with Crippen LogP contribution in [0.4, 0.5) is 0 Å². The molecule has 33 heavy (non-hydrogen) atoms. The molecule has 0 aliphatic carbocycles. The largest absolute Gasteiger partial charge is 0.490 e. The number of hydrogen-bond donors (Lipinski definition) is 0. The highest BCUT2D eigenvalue weighted by molar-refractivity contribution is 6.30. The molecule has 0 saturated carbocycles. The molecule has 0 amide bonds. The van der Waals surface area contributed by atoms with Gasteiger partial charge in [0.15, 0.2) is 0 Å². The summed E-state index contributed by atoms with van der Waals surface area (Å²) in [6, 6.07) is 7.53. The number of ether oxygens (including phenoxy) is 4. The zero-order valence-corrected chi connectivity index (χ0v) is 20.6. The molecule has 2 aromatic rings. The van der Waals surface area contributed by atoms with Gasteiger partial charge in [-0.1, -0.05) is 12.1 Å². The van der Waals surface area contributed by atoms with E-state index in [2.05, 4.69) is 0 Å². The molecule has 1 aliphatic rings. The van der Waals surface area contributed by atoms with Crippen LogP contribution in [0.5, 0.6) is 17.2 Å². The van der Waals surface area contributed by atoms with Crippen LogP contribution >= 0.6 is 11.6 Å². The van der Waals surface area contributed by atoms with Crippen molar-refractivity contribution in [1.82, 2.24) is 0 Å². The second-order valence-corrected chi connectivity index (χ2v) is 8.79. The third-order valence-corrected chi connectivity index (χ3v) is 6.21. The lowest BCUT2D eigenvalue weighted by atomic mass is 9.91. The van der Waals surface area contributed by atoms with E-state index in [1.165, 1.54) is 6.92 Å². The van der Waals surface area contributed by atoms with E-state index >= 15 is 0 Å². The van der Waals surface area contributed by atoms with E-state index in [9.17, 15) is 9.59 Å². The smallest absolute Gasteiger partial charge is 0.324 e. The first kappa shape index (κ1) is 24.9. The van der Waals surface area contributed by atoms with Crippen LogP contribution in [0, 0.1) is 20.8 Å². The summed E-state index contributed by atoms with van der Waals surface area (Å²) in [6.45, 7) is 9.81. The molecule has 0 aromatic heterocycles.